The van der Waals surface area contributed by atoms with E-state index in [1.807, 2.05) is 42.1 Å². The van der Waals surface area contributed by atoms with Crippen LogP contribution in [0.2, 0.25) is 0 Å². The fourth-order valence-corrected chi connectivity index (χ4v) is 5.95. The minimum absolute atomic E-state index is 0.00924. The van der Waals surface area contributed by atoms with Crippen molar-refractivity contribution in [3.8, 4) is 0 Å². The Balaban J connectivity index is 1.33. The molecular formula is C23H23N8O5S2+. The van der Waals surface area contributed by atoms with Gasteiger partial charge in [-0.25, -0.2) is 19.3 Å². The minimum atomic E-state index is -1.19. The Morgan fingerprint density at radius 2 is 2.16 bits per heavy atom. The van der Waals surface area contributed by atoms with Gasteiger partial charge in [-0.05, 0) is 6.92 Å². The van der Waals surface area contributed by atoms with E-state index in [-0.39, 0.29) is 28.8 Å². The molecule has 0 aliphatic carbocycles. The molecule has 0 unspecified atom stereocenters. The maximum absolute atomic E-state index is 13.2. The van der Waals surface area contributed by atoms with Crippen LogP contribution in [-0.4, -0.2) is 65.6 Å². The van der Waals surface area contributed by atoms with Crippen LogP contribution in [0.15, 0.2) is 58.7 Å². The number of amides is 2. The second kappa shape index (κ2) is 10.6. The molecule has 13 nitrogen and oxygen atoms in total. The van der Waals surface area contributed by atoms with Crippen molar-refractivity contribution in [3.05, 3.63) is 70.7 Å². The number of imidazole rings is 1. The van der Waals surface area contributed by atoms with Crippen LogP contribution >= 0.6 is 23.1 Å². The van der Waals surface area contributed by atoms with Crippen LogP contribution in [0.3, 0.4) is 0 Å². The number of hydrogen-bond donors (Lipinski definition) is 4. The molecule has 0 aromatic carbocycles. The van der Waals surface area contributed by atoms with Gasteiger partial charge in [0.1, 0.15) is 28.5 Å². The first kappa shape index (κ1) is 25.4. The van der Waals surface area contributed by atoms with E-state index >= 15 is 0 Å². The SMILES string of the molecule is Cc1[nH]cnc1CON=C(C(=O)N[C@@H]1C(=O)N2C(C(=O)O)=C(C[n+]3ccccc3)CS[C@H]12)c1csc(N)n1. The van der Waals surface area contributed by atoms with Crippen LogP contribution in [0.25, 0.3) is 0 Å². The van der Waals surface area contributed by atoms with Gasteiger partial charge in [-0.2, -0.15) is 0 Å². The molecule has 5 N–H and O–H groups in total. The third kappa shape index (κ3) is 4.97. The lowest BCUT2D eigenvalue weighted by atomic mass is 10.0. The molecule has 5 heterocycles. The summed E-state index contributed by atoms with van der Waals surface area (Å²) >= 11 is 2.51. The maximum atomic E-state index is 13.2. The van der Waals surface area contributed by atoms with E-state index in [9.17, 15) is 19.5 Å². The number of aromatic amines is 1. The number of carbonyl (C=O) groups excluding carboxylic acids is 2. The number of aliphatic carboxylic acids is 1. The Labute approximate surface area is 224 Å². The fraction of sp³-hybridized carbons (Fsp3) is 0.261. The van der Waals surface area contributed by atoms with Gasteiger partial charge in [-0.1, -0.05) is 11.2 Å². The second-order valence-electron chi connectivity index (χ2n) is 8.42. The Bertz CT molecular complexity index is 1450. The quantitative estimate of drug-likeness (QED) is 0.126. The van der Waals surface area contributed by atoms with Gasteiger partial charge in [0.25, 0.3) is 11.8 Å². The smallest absolute Gasteiger partial charge is 0.352 e. The molecule has 1 fully saturated rings. The number of nitrogens with one attached hydrogen (secondary N) is 2. The number of nitrogens with zero attached hydrogens (tertiary/aromatic N) is 5. The Hall–Kier alpha value is -4.24. The van der Waals surface area contributed by atoms with Crippen LogP contribution in [0.4, 0.5) is 5.13 Å². The molecule has 2 atom stereocenters. The van der Waals surface area contributed by atoms with Crippen molar-refractivity contribution < 1.29 is 28.9 Å². The number of pyridine rings is 1. The lowest BCUT2D eigenvalue weighted by molar-refractivity contribution is -0.689. The van der Waals surface area contributed by atoms with Crippen LogP contribution in [0.1, 0.15) is 17.1 Å². The summed E-state index contributed by atoms with van der Waals surface area (Å²) in [6, 6.07) is 4.60. The largest absolute Gasteiger partial charge is 0.477 e. The number of H-pyrrole nitrogens is 1. The number of β-lactam (4-membered cyclic amide) rings is 1. The summed E-state index contributed by atoms with van der Waals surface area (Å²) in [7, 11) is 0. The number of aryl methyl sites for hydroxylation is 1. The van der Waals surface area contributed by atoms with Gasteiger partial charge in [0.15, 0.2) is 36.4 Å². The van der Waals surface area contributed by atoms with Gasteiger partial charge in [-0.15, -0.1) is 23.1 Å². The van der Waals surface area contributed by atoms with Gasteiger partial charge in [0.05, 0.1) is 6.33 Å². The first-order valence-electron chi connectivity index (χ1n) is 11.4. The Kier molecular flexibility index (Phi) is 7.11. The molecule has 0 saturated carbocycles. The normalized spacial score (nSPS) is 19.1. The van der Waals surface area contributed by atoms with Crippen LogP contribution in [0.5, 0.6) is 0 Å². The highest BCUT2D eigenvalue weighted by atomic mass is 32.2. The fourth-order valence-electron chi connectivity index (χ4n) is 4.07. The average Bonchev–Trinajstić information content (AvgIpc) is 3.52. The highest BCUT2D eigenvalue weighted by Gasteiger charge is 2.54. The standard InChI is InChI=1S/C23H22N8O5S2/c1-12-14(26-11-25-12)8-36-29-16(15-10-38-23(24)27-15)19(32)28-17-20(33)31-18(22(34)35)13(9-37-21(17)31)7-30-5-3-2-4-6-30/h2-6,10-11,17,21H,7-9H2,1H3,(H4-,24,25,26,27,28,32,34,35)/p+1/t17-,21-/m1/s1. The number of nitrogen functional groups attached to an aromatic ring is 1. The molecule has 2 aliphatic rings. The highest BCUT2D eigenvalue weighted by Crippen LogP contribution is 2.40. The van der Waals surface area contributed by atoms with E-state index in [1.54, 1.807) is 5.38 Å². The minimum Gasteiger partial charge on any atom is -0.477 e. The molecule has 15 heteroatoms. The number of hydrogen-bond acceptors (Lipinski definition) is 10. The molecule has 0 spiro atoms. The molecule has 196 valence electrons. The van der Waals surface area contributed by atoms with Gasteiger partial charge in [0, 0.05) is 34.5 Å². The zero-order valence-electron chi connectivity index (χ0n) is 20.0. The van der Waals surface area contributed by atoms with Gasteiger partial charge in [0.2, 0.25) is 0 Å². The van der Waals surface area contributed by atoms with Gasteiger partial charge < -0.3 is 26.0 Å². The van der Waals surface area contributed by atoms with E-state index in [2.05, 4.69) is 25.4 Å². The van der Waals surface area contributed by atoms with E-state index in [0.717, 1.165) is 17.0 Å². The maximum Gasteiger partial charge on any atom is 0.352 e. The van der Waals surface area contributed by atoms with Crippen molar-refractivity contribution in [2.24, 2.45) is 5.16 Å². The molecular weight excluding hydrogens is 532 g/mol. The predicted molar refractivity (Wildman–Crippen MR) is 137 cm³/mol. The third-order valence-electron chi connectivity index (χ3n) is 5.96. The van der Waals surface area contributed by atoms with Gasteiger partial charge in [-0.3, -0.25) is 14.5 Å². The summed E-state index contributed by atoms with van der Waals surface area (Å²) in [5.74, 6) is -2.02. The summed E-state index contributed by atoms with van der Waals surface area (Å²) in [5.41, 5.74) is 7.74. The van der Waals surface area contributed by atoms with Crippen molar-refractivity contribution in [2.45, 2.75) is 31.5 Å². The van der Waals surface area contributed by atoms with Crippen LogP contribution < -0.4 is 15.6 Å². The third-order valence-corrected chi connectivity index (χ3v) is 7.97. The molecule has 2 aliphatic heterocycles. The van der Waals surface area contributed by atoms with Crippen molar-refractivity contribution in [3.63, 3.8) is 0 Å². The molecule has 0 radical (unpaired) electrons. The first-order valence-corrected chi connectivity index (χ1v) is 13.3. The zero-order valence-corrected chi connectivity index (χ0v) is 21.7. The number of thioether (sulfide) groups is 1. The monoisotopic (exact) mass is 555 g/mol. The zero-order chi connectivity index (χ0) is 26.8. The molecule has 2 amide bonds. The van der Waals surface area contributed by atoms with Crippen LogP contribution in [0, 0.1) is 6.92 Å². The summed E-state index contributed by atoms with van der Waals surface area (Å²) in [5, 5.41) is 17.8. The lowest BCUT2D eigenvalue weighted by Crippen LogP contribution is -2.71. The Morgan fingerprint density at radius 3 is 2.82 bits per heavy atom. The topological polar surface area (TPSA) is 180 Å². The average molecular weight is 556 g/mol. The number of carboxylic acids is 1. The number of thiazole rings is 1. The molecule has 38 heavy (non-hydrogen) atoms. The van der Waals surface area contributed by atoms with Gasteiger partial charge >= 0.3 is 5.97 Å². The summed E-state index contributed by atoms with van der Waals surface area (Å²) in [6.45, 7) is 2.16. The summed E-state index contributed by atoms with van der Waals surface area (Å²) in [4.78, 5) is 56.2. The lowest BCUT2D eigenvalue weighted by Gasteiger charge is -2.49. The van der Waals surface area contributed by atoms with Crippen molar-refractivity contribution in [2.75, 3.05) is 11.5 Å². The number of rotatable bonds is 9. The number of oxime groups is 1. The van der Waals surface area contributed by atoms with Crippen LogP contribution in [-0.2, 0) is 32.4 Å². The van der Waals surface area contributed by atoms with Crippen molar-refractivity contribution >= 4 is 51.7 Å². The molecule has 1 saturated heterocycles. The number of carbonyl (C=O) groups is 3. The first-order chi connectivity index (χ1) is 18.3. The summed E-state index contributed by atoms with van der Waals surface area (Å²) < 4.78 is 1.84. The number of aromatic nitrogens is 4. The molecule has 5 rings (SSSR count). The number of carboxylic acid groups (broad SMARTS) is 1. The molecule has 3 aromatic rings. The highest BCUT2D eigenvalue weighted by molar-refractivity contribution is 8.00. The molecule has 0 bridgehead atoms. The summed E-state index contributed by atoms with van der Waals surface area (Å²) in [6.07, 6.45) is 5.17. The van der Waals surface area contributed by atoms with E-state index in [0.29, 0.717) is 23.6 Å². The molecule has 3 aromatic heterocycles. The Morgan fingerprint density at radius 1 is 1.37 bits per heavy atom. The number of nitrogens with two attached hydrogens (primary N) is 1. The number of fused-ring (bicyclic) bond motifs is 1. The van der Waals surface area contributed by atoms with Crippen molar-refractivity contribution in [1.29, 1.82) is 0 Å². The van der Waals surface area contributed by atoms with E-state index < -0.39 is 29.2 Å². The second-order valence-corrected chi connectivity index (χ2v) is 10.4. The predicted octanol–water partition coefficient (Wildman–Crippen LogP) is 0.404. The number of anilines is 1. The van der Waals surface area contributed by atoms with E-state index in [1.165, 1.54) is 23.0 Å². The van der Waals surface area contributed by atoms with Crippen molar-refractivity contribution in [1.82, 2.24) is 25.2 Å². The van der Waals surface area contributed by atoms with E-state index in [4.69, 9.17) is 10.6 Å².